The molecule has 0 aliphatic rings. The number of pyridine rings is 1. The minimum atomic E-state index is -2.70. The molecule has 0 radical (unpaired) electrons. The molecule has 0 spiro atoms. The van der Waals surface area contributed by atoms with Gasteiger partial charge in [-0.1, -0.05) is 0 Å². The van der Waals surface area contributed by atoms with Gasteiger partial charge in [0.05, 0.1) is 7.11 Å². The quantitative estimate of drug-likeness (QED) is 0.822. The fourth-order valence-corrected chi connectivity index (χ4v) is 1.22. The Morgan fingerprint density at radius 3 is 2.73 bits per heavy atom. The van der Waals surface area contributed by atoms with Crippen molar-refractivity contribution in [3.8, 4) is 11.9 Å². The third-order valence-corrected chi connectivity index (χ3v) is 1.93. The highest BCUT2D eigenvalue weighted by Crippen LogP contribution is 2.28. The van der Waals surface area contributed by atoms with Crippen LogP contribution in [0.15, 0.2) is 6.20 Å². The minimum absolute atomic E-state index is 0.0161. The lowest BCUT2D eigenvalue weighted by atomic mass is 10.1. The van der Waals surface area contributed by atoms with Crippen LogP contribution in [-0.4, -0.2) is 12.1 Å². The number of rotatable bonds is 3. The molecule has 0 aromatic carbocycles. The van der Waals surface area contributed by atoms with E-state index in [0.29, 0.717) is 0 Å². The molecule has 0 aliphatic heterocycles. The fraction of sp³-hybridized carbons (Fsp3) is 0.333. The zero-order valence-electron chi connectivity index (χ0n) is 8.00. The molecule has 0 unspecified atom stereocenters. The van der Waals surface area contributed by atoms with Crippen molar-refractivity contribution in [3.63, 3.8) is 0 Å². The molecule has 0 fully saturated rings. The summed E-state index contributed by atoms with van der Waals surface area (Å²) in [5, 5.41) is 8.80. The molecule has 0 atom stereocenters. The molecule has 1 aromatic rings. The third kappa shape index (κ3) is 2.02. The molecule has 0 saturated heterocycles. The van der Waals surface area contributed by atoms with Gasteiger partial charge >= 0.3 is 0 Å². The summed E-state index contributed by atoms with van der Waals surface area (Å²) < 4.78 is 29.8. The van der Waals surface area contributed by atoms with Crippen LogP contribution >= 0.6 is 0 Å². The van der Waals surface area contributed by atoms with Gasteiger partial charge in [-0.25, -0.2) is 13.8 Å². The topological polar surface area (TPSA) is 71.9 Å². The fourth-order valence-electron chi connectivity index (χ4n) is 1.22. The second-order valence-corrected chi connectivity index (χ2v) is 2.69. The maximum Gasteiger partial charge on any atom is 0.265 e. The van der Waals surface area contributed by atoms with Crippen LogP contribution in [0.1, 0.15) is 23.1 Å². The lowest BCUT2D eigenvalue weighted by Crippen LogP contribution is -2.08. The van der Waals surface area contributed by atoms with Crippen molar-refractivity contribution in [1.82, 2.24) is 4.98 Å². The van der Waals surface area contributed by atoms with Crippen molar-refractivity contribution in [2.75, 3.05) is 7.11 Å². The zero-order chi connectivity index (χ0) is 11.4. The van der Waals surface area contributed by atoms with E-state index in [9.17, 15) is 8.78 Å². The monoisotopic (exact) mass is 213 g/mol. The van der Waals surface area contributed by atoms with Crippen molar-refractivity contribution >= 4 is 0 Å². The van der Waals surface area contributed by atoms with Crippen LogP contribution in [0.25, 0.3) is 0 Å². The second kappa shape index (κ2) is 4.66. The van der Waals surface area contributed by atoms with Crippen LogP contribution in [-0.2, 0) is 6.54 Å². The summed E-state index contributed by atoms with van der Waals surface area (Å²) in [6.45, 7) is -0.151. The maximum absolute atomic E-state index is 12.5. The molecule has 0 amide bonds. The highest BCUT2D eigenvalue weighted by Gasteiger charge is 2.19. The second-order valence-electron chi connectivity index (χ2n) is 2.69. The highest BCUT2D eigenvalue weighted by atomic mass is 19.3. The summed E-state index contributed by atoms with van der Waals surface area (Å²) in [5.74, 6) is 0.0161. The SMILES string of the molecule is COc1ncc(C(F)F)c(CN)c1C#N. The van der Waals surface area contributed by atoms with Crippen LogP contribution < -0.4 is 10.5 Å². The van der Waals surface area contributed by atoms with Gasteiger partial charge in [-0.2, -0.15) is 5.26 Å². The maximum atomic E-state index is 12.5. The number of hydrogen-bond donors (Lipinski definition) is 1. The molecule has 2 N–H and O–H groups in total. The van der Waals surface area contributed by atoms with Crippen LogP contribution in [0.3, 0.4) is 0 Å². The first-order valence-corrected chi connectivity index (χ1v) is 4.09. The molecular formula is C9H9F2N3O. The summed E-state index contributed by atoms with van der Waals surface area (Å²) in [4.78, 5) is 3.62. The number of nitriles is 1. The Bertz CT molecular complexity index is 401. The smallest absolute Gasteiger partial charge is 0.265 e. The van der Waals surface area contributed by atoms with Gasteiger partial charge in [0.15, 0.2) is 0 Å². The number of hydrogen-bond acceptors (Lipinski definition) is 4. The average Bonchev–Trinajstić information content (AvgIpc) is 2.26. The first-order valence-electron chi connectivity index (χ1n) is 4.09. The van der Waals surface area contributed by atoms with E-state index in [1.807, 2.05) is 0 Å². The average molecular weight is 213 g/mol. The predicted molar refractivity (Wildman–Crippen MR) is 48.4 cm³/mol. The first kappa shape index (κ1) is 11.3. The number of aromatic nitrogens is 1. The highest BCUT2D eigenvalue weighted by molar-refractivity contribution is 5.48. The third-order valence-electron chi connectivity index (χ3n) is 1.93. The first-order chi connectivity index (χ1) is 7.15. The van der Waals surface area contributed by atoms with E-state index >= 15 is 0 Å². The van der Waals surface area contributed by atoms with E-state index in [1.54, 1.807) is 6.07 Å². The summed E-state index contributed by atoms with van der Waals surface area (Å²) >= 11 is 0. The van der Waals surface area contributed by atoms with Gasteiger partial charge in [0, 0.05) is 18.3 Å². The van der Waals surface area contributed by atoms with Gasteiger partial charge in [-0.15, -0.1) is 0 Å². The van der Waals surface area contributed by atoms with Gasteiger partial charge < -0.3 is 10.5 Å². The zero-order valence-corrected chi connectivity index (χ0v) is 8.00. The van der Waals surface area contributed by atoms with E-state index in [2.05, 4.69) is 4.98 Å². The Balaban J connectivity index is 3.43. The standard InChI is InChI=1S/C9H9F2N3O/c1-15-9-6(3-13)5(2-12)7(4-14-9)8(10)11/h4,8H,2,12H2,1H3. The van der Waals surface area contributed by atoms with Crippen molar-refractivity contribution in [2.45, 2.75) is 13.0 Å². The molecule has 1 heterocycles. The van der Waals surface area contributed by atoms with Gasteiger partial charge in [0.2, 0.25) is 5.88 Å². The summed E-state index contributed by atoms with van der Waals surface area (Å²) in [6, 6.07) is 1.76. The van der Waals surface area contributed by atoms with Crippen molar-refractivity contribution in [1.29, 1.82) is 5.26 Å². The molecule has 4 nitrogen and oxygen atoms in total. The van der Waals surface area contributed by atoms with Gasteiger partial charge in [-0.3, -0.25) is 0 Å². The van der Waals surface area contributed by atoms with Gasteiger partial charge in [0.25, 0.3) is 6.43 Å². The van der Waals surface area contributed by atoms with Crippen molar-refractivity contribution < 1.29 is 13.5 Å². The van der Waals surface area contributed by atoms with Crippen LogP contribution in [0, 0.1) is 11.3 Å². The molecule has 6 heteroatoms. The summed E-state index contributed by atoms with van der Waals surface area (Å²) in [6.07, 6.45) is -1.72. The Hall–Kier alpha value is -1.74. The van der Waals surface area contributed by atoms with E-state index < -0.39 is 6.43 Å². The molecule has 0 aliphatic carbocycles. The molecule has 1 rings (SSSR count). The molecule has 0 bridgehead atoms. The van der Waals surface area contributed by atoms with E-state index in [1.165, 1.54) is 7.11 Å². The molecule has 15 heavy (non-hydrogen) atoms. The molecular weight excluding hydrogens is 204 g/mol. The van der Waals surface area contributed by atoms with Gasteiger partial charge in [0.1, 0.15) is 11.6 Å². The van der Waals surface area contributed by atoms with Crippen molar-refractivity contribution in [2.24, 2.45) is 5.73 Å². The number of methoxy groups -OCH3 is 1. The van der Waals surface area contributed by atoms with Crippen LogP contribution in [0.5, 0.6) is 5.88 Å². The van der Waals surface area contributed by atoms with Crippen LogP contribution in [0.2, 0.25) is 0 Å². The Labute approximate surface area is 85.3 Å². The number of alkyl halides is 2. The van der Waals surface area contributed by atoms with E-state index in [4.69, 9.17) is 15.7 Å². The van der Waals surface area contributed by atoms with E-state index in [-0.39, 0.29) is 29.1 Å². The predicted octanol–water partition coefficient (Wildman–Crippen LogP) is 1.36. The number of nitrogens with zero attached hydrogens (tertiary/aromatic N) is 2. The molecule has 0 saturated carbocycles. The number of ether oxygens (including phenoxy) is 1. The Morgan fingerprint density at radius 1 is 1.67 bits per heavy atom. The number of halogens is 2. The van der Waals surface area contributed by atoms with Crippen molar-refractivity contribution in [3.05, 3.63) is 22.9 Å². The van der Waals surface area contributed by atoms with Crippen LogP contribution in [0.4, 0.5) is 8.78 Å². The summed E-state index contributed by atoms with van der Waals surface area (Å²) in [5.41, 5.74) is 5.05. The lowest BCUT2D eigenvalue weighted by molar-refractivity contribution is 0.149. The van der Waals surface area contributed by atoms with E-state index in [0.717, 1.165) is 6.20 Å². The number of nitrogens with two attached hydrogens (primary N) is 1. The normalized spacial score (nSPS) is 10.1. The largest absolute Gasteiger partial charge is 0.480 e. The summed E-state index contributed by atoms with van der Waals surface area (Å²) in [7, 11) is 1.31. The molecule has 80 valence electrons. The Kier molecular flexibility index (Phi) is 3.52. The lowest BCUT2D eigenvalue weighted by Gasteiger charge is -2.10. The molecule has 1 aromatic heterocycles. The van der Waals surface area contributed by atoms with Gasteiger partial charge in [-0.05, 0) is 5.56 Å². The Morgan fingerprint density at radius 2 is 2.33 bits per heavy atom. The minimum Gasteiger partial charge on any atom is -0.480 e.